The van der Waals surface area contributed by atoms with Gasteiger partial charge in [0.2, 0.25) is 5.91 Å². The highest BCUT2D eigenvalue weighted by atomic mass is 32.2. The van der Waals surface area contributed by atoms with Crippen LogP contribution >= 0.6 is 11.8 Å². The first-order chi connectivity index (χ1) is 15.0. The van der Waals surface area contributed by atoms with Gasteiger partial charge in [0.25, 0.3) is 0 Å². The molecule has 0 unspecified atom stereocenters. The molecule has 162 valence electrons. The lowest BCUT2D eigenvalue weighted by Crippen LogP contribution is -2.07. The van der Waals surface area contributed by atoms with E-state index in [0.29, 0.717) is 12.5 Å². The number of hydrogen-bond donors (Lipinski definition) is 1. The number of ether oxygens (including phenoxy) is 1. The van der Waals surface area contributed by atoms with Gasteiger partial charge in [-0.1, -0.05) is 23.9 Å². The van der Waals surface area contributed by atoms with E-state index in [9.17, 15) is 4.79 Å². The number of carbonyl (C=O) groups excluding carboxylic acids is 1. The van der Waals surface area contributed by atoms with Gasteiger partial charge in [-0.3, -0.25) is 9.36 Å². The molecule has 4 rings (SSSR count). The molecule has 6 nitrogen and oxygen atoms in total. The van der Waals surface area contributed by atoms with Crippen molar-refractivity contribution < 1.29 is 9.53 Å². The highest BCUT2D eigenvalue weighted by Crippen LogP contribution is 2.41. The Balaban J connectivity index is 1.41. The van der Waals surface area contributed by atoms with Crippen LogP contribution in [-0.2, 0) is 4.79 Å². The smallest absolute Gasteiger partial charge is 0.221 e. The molecule has 1 aliphatic rings. The number of nitrogens with one attached hydrogen (secondary N) is 1. The average molecular weight is 437 g/mol. The summed E-state index contributed by atoms with van der Waals surface area (Å²) in [5.41, 5.74) is 4.27. The van der Waals surface area contributed by atoms with Gasteiger partial charge in [-0.15, -0.1) is 10.2 Å². The van der Waals surface area contributed by atoms with Gasteiger partial charge in [-0.25, -0.2) is 0 Å². The minimum absolute atomic E-state index is 0.0818. The van der Waals surface area contributed by atoms with Crippen molar-refractivity contribution in [2.75, 3.05) is 17.7 Å². The standard InChI is InChI=1S/C24H28N4O2S/c1-16-8-11-22(14-17(16)2)30-12-5-13-31-24-27-26-23(19-9-10-19)28(24)21-7-4-6-20(15-21)25-18(3)29/h4,6-8,11,14-15,19H,5,9-10,12-13H2,1-3H3,(H,25,29). The molecular weight excluding hydrogens is 408 g/mol. The number of rotatable bonds is 9. The first-order valence-electron chi connectivity index (χ1n) is 10.7. The number of carbonyl (C=O) groups is 1. The van der Waals surface area contributed by atoms with Gasteiger partial charge in [-0.05, 0) is 74.6 Å². The molecule has 0 spiro atoms. The van der Waals surface area contributed by atoms with Crippen molar-refractivity contribution in [1.82, 2.24) is 14.8 Å². The van der Waals surface area contributed by atoms with E-state index in [4.69, 9.17) is 4.74 Å². The molecule has 1 fully saturated rings. The number of aryl methyl sites for hydroxylation is 2. The summed E-state index contributed by atoms with van der Waals surface area (Å²) >= 11 is 1.69. The van der Waals surface area contributed by atoms with Gasteiger partial charge in [0, 0.05) is 24.3 Å². The number of nitrogens with zero attached hydrogens (tertiary/aromatic N) is 3. The maximum Gasteiger partial charge on any atom is 0.221 e. The fourth-order valence-electron chi connectivity index (χ4n) is 3.37. The lowest BCUT2D eigenvalue weighted by atomic mass is 10.1. The van der Waals surface area contributed by atoms with E-state index in [-0.39, 0.29) is 5.91 Å². The summed E-state index contributed by atoms with van der Waals surface area (Å²) < 4.78 is 8.04. The molecule has 2 aromatic carbocycles. The average Bonchev–Trinajstić information content (AvgIpc) is 3.50. The highest BCUT2D eigenvalue weighted by molar-refractivity contribution is 7.99. The van der Waals surface area contributed by atoms with Crippen LogP contribution in [0.3, 0.4) is 0 Å². The summed E-state index contributed by atoms with van der Waals surface area (Å²) in [6.45, 7) is 6.39. The zero-order chi connectivity index (χ0) is 21.8. The van der Waals surface area contributed by atoms with Crippen molar-refractivity contribution in [2.45, 2.75) is 51.1 Å². The van der Waals surface area contributed by atoms with Crippen LogP contribution in [0, 0.1) is 13.8 Å². The Hall–Kier alpha value is -2.80. The Morgan fingerprint density at radius 3 is 2.74 bits per heavy atom. The van der Waals surface area contributed by atoms with Gasteiger partial charge >= 0.3 is 0 Å². The van der Waals surface area contributed by atoms with Crippen molar-refractivity contribution in [3.8, 4) is 11.4 Å². The van der Waals surface area contributed by atoms with Crippen LogP contribution < -0.4 is 10.1 Å². The Bertz CT molecular complexity index is 1080. The third-order valence-electron chi connectivity index (χ3n) is 5.29. The van der Waals surface area contributed by atoms with E-state index >= 15 is 0 Å². The van der Waals surface area contributed by atoms with E-state index in [0.717, 1.165) is 53.1 Å². The third-order valence-corrected chi connectivity index (χ3v) is 6.31. The highest BCUT2D eigenvalue weighted by Gasteiger charge is 2.31. The Labute approximate surface area is 187 Å². The topological polar surface area (TPSA) is 69.0 Å². The van der Waals surface area contributed by atoms with Gasteiger partial charge in [0.05, 0.1) is 12.3 Å². The van der Waals surface area contributed by atoms with Gasteiger partial charge < -0.3 is 10.1 Å². The Morgan fingerprint density at radius 1 is 1.16 bits per heavy atom. The quantitative estimate of drug-likeness (QED) is 0.365. The van der Waals surface area contributed by atoms with Crippen LogP contribution in [0.4, 0.5) is 5.69 Å². The second kappa shape index (κ2) is 9.56. The van der Waals surface area contributed by atoms with Crippen molar-refractivity contribution in [1.29, 1.82) is 0 Å². The van der Waals surface area contributed by atoms with Crippen LogP contribution in [0.25, 0.3) is 5.69 Å². The largest absolute Gasteiger partial charge is 0.494 e. The van der Waals surface area contributed by atoms with Crippen molar-refractivity contribution in [2.24, 2.45) is 0 Å². The molecule has 0 radical (unpaired) electrons. The van der Waals surface area contributed by atoms with Crippen molar-refractivity contribution in [3.63, 3.8) is 0 Å². The predicted octanol–water partition coefficient (Wildman–Crippen LogP) is 5.28. The number of amides is 1. The molecule has 1 saturated carbocycles. The Morgan fingerprint density at radius 2 is 2.00 bits per heavy atom. The predicted molar refractivity (Wildman–Crippen MR) is 124 cm³/mol. The lowest BCUT2D eigenvalue weighted by molar-refractivity contribution is -0.114. The van der Waals surface area contributed by atoms with Gasteiger partial charge in [-0.2, -0.15) is 0 Å². The summed E-state index contributed by atoms with van der Waals surface area (Å²) in [4.78, 5) is 11.4. The third kappa shape index (κ3) is 5.47. The van der Waals surface area contributed by atoms with E-state index in [1.165, 1.54) is 18.1 Å². The maximum atomic E-state index is 11.4. The van der Waals surface area contributed by atoms with Crippen LogP contribution in [0.15, 0.2) is 47.6 Å². The molecule has 0 bridgehead atoms. The zero-order valence-corrected chi connectivity index (χ0v) is 19.0. The normalized spacial score (nSPS) is 13.3. The molecule has 1 N–H and O–H groups in total. The van der Waals surface area contributed by atoms with Crippen molar-refractivity contribution in [3.05, 3.63) is 59.4 Å². The molecule has 1 aromatic heterocycles. The summed E-state index contributed by atoms with van der Waals surface area (Å²) in [5.74, 6) is 3.20. The number of aromatic nitrogens is 3. The molecule has 0 atom stereocenters. The molecule has 3 aromatic rings. The number of anilines is 1. The summed E-state index contributed by atoms with van der Waals surface area (Å²) in [7, 11) is 0. The zero-order valence-electron chi connectivity index (χ0n) is 18.2. The fourth-order valence-corrected chi connectivity index (χ4v) is 4.24. The van der Waals surface area contributed by atoms with E-state index < -0.39 is 0 Å². The first-order valence-corrected chi connectivity index (χ1v) is 11.7. The minimum atomic E-state index is -0.0818. The molecule has 1 amide bonds. The number of hydrogen-bond acceptors (Lipinski definition) is 5. The number of benzene rings is 2. The van der Waals surface area contributed by atoms with E-state index in [1.54, 1.807) is 11.8 Å². The van der Waals surface area contributed by atoms with Crippen LogP contribution in [0.1, 0.15) is 49.1 Å². The second-order valence-electron chi connectivity index (χ2n) is 7.98. The second-order valence-corrected chi connectivity index (χ2v) is 9.04. The molecule has 1 aliphatic carbocycles. The summed E-state index contributed by atoms with van der Waals surface area (Å²) in [6.07, 6.45) is 3.21. The first kappa shape index (κ1) is 21.4. The molecule has 1 heterocycles. The molecule has 0 saturated heterocycles. The lowest BCUT2D eigenvalue weighted by Gasteiger charge is -2.12. The van der Waals surface area contributed by atoms with E-state index in [2.05, 4.69) is 46.1 Å². The molecular formula is C24H28N4O2S. The summed E-state index contributed by atoms with van der Waals surface area (Å²) in [6, 6.07) is 14.1. The minimum Gasteiger partial charge on any atom is -0.494 e. The molecule has 7 heteroatoms. The van der Waals surface area contributed by atoms with Gasteiger partial charge in [0.15, 0.2) is 5.16 Å². The fraction of sp³-hybridized carbons (Fsp3) is 0.375. The number of thioether (sulfide) groups is 1. The summed E-state index contributed by atoms with van der Waals surface area (Å²) in [5, 5.41) is 12.7. The van der Waals surface area contributed by atoms with Crippen molar-refractivity contribution >= 4 is 23.4 Å². The Kier molecular flexibility index (Phi) is 6.61. The molecule has 0 aliphatic heterocycles. The monoisotopic (exact) mass is 436 g/mol. The molecule has 31 heavy (non-hydrogen) atoms. The van der Waals surface area contributed by atoms with Crippen LogP contribution in [-0.4, -0.2) is 33.0 Å². The van der Waals surface area contributed by atoms with Crippen LogP contribution in [0.2, 0.25) is 0 Å². The van der Waals surface area contributed by atoms with Gasteiger partial charge in [0.1, 0.15) is 11.6 Å². The van der Waals surface area contributed by atoms with Crippen LogP contribution in [0.5, 0.6) is 5.75 Å². The maximum absolute atomic E-state index is 11.4. The van der Waals surface area contributed by atoms with E-state index in [1.807, 2.05) is 30.3 Å². The SMILES string of the molecule is CC(=O)Nc1cccc(-n2c(SCCCOc3ccc(C)c(C)c3)nnc2C2CC2)c1.